The van der Waals surface area contributed by atoms with Crippen LogP contribution in [0.15, 0.2) is 33.6 Å². The van der Waals surface area contributed by atoms with Gasteiger partial charge >= 0.3 is 0 Å². The zero-order chi connectivity index (χ0) is 14.6. The van der Waals surface area contributed by atoms with Crippen LogP contribution in [0.3, 0.4) is 0 Å². The summed E-state index contributed by atoms with van der Waals surface area (Å²) >= 11 is 4.94. The Morgan fingerprint density at radius 2 is 1.95 bits per heavy atom. The summed E-state index contributed by atoms with van der Waals surface area (Å²) in [6.45, 7) is 4.38. The number of nitrogens with one attached hydrogen (secondary N) is 1. The highest BCUT2D eigenvalue weighted by Gasteiger charge is 2.02. The lowest BCUT2D eigenvalue weighted by Crippen LogP contribution is -2.26. The third-order valence-corrected chi connectivity index (χ3v) is 4.15. The van der Waals surface area contributed by atoms with E-state index in [0.29, 0.717) is 12.3 Å². The van der Waals surface area contributed by atoms with Crippen molar-refractivity contribution in [1.82, 2.24) is 5.32 Å². The average Bonchev–Trinajstić information content (AvgIpc) is 2.46. The fourth-order valence-corrected chi connectivity index (χ4v) is 2.47. The van der Waals surface area contributed by atoms with Gasteiger partial charge in [0.15, 0.2) is 0 Å². The number of benzene rings is 1. The summed E-state index contributed by atoms with van der Waals surface area (Å²) in [5.74, 6) is 0.532. The van der Waals surface area contributed by atoms with E-state index in [9.17, 15) is 4.79 Å². The lowest BCUT2D eigenvalue weighted by Gasteiger charge is -2.06. The smallest absolute Gasteiger partial charge is 0.230 e. The van der Waals surface area contributed by atoms with Crippen molar-refractivity contribution in [3.63, 3.8) is 0 Å². The molecule has 20 heavy (non-hydrogen) atoms. The molecule has 0 atom stereocenters. The van der Waals surface area contributed by atoms with E-state index in [1.165, 1.54) is 0 Å². The highest BCUT2D eigenvalue weighted by Crippen LogP contribution is 2.20. The summed E-state index contributed by atoms with van der Waals surface area (Å²) < 4.78 is 6.49. The van der Waals surface area contributed by atoms with Gasteiger partial charge in [-0.1, -0.05) is 29.3 Å². The van der Waals surface area contributed by atoms with Crippen molar-refractivity contribution < 1.29 is 9.53 Å². The van der Waals surface area contributed by atoms with E-state index in [1.54, 1.807) is 11.8 Å². The van der Waals surface area contributed by atoms with E-state index < -0.39 is 0 Å². The number of halogens is 1. The summed E-state index contributed by atoms with van der Waals surface area (Å²) in [6.07, 6.45) is 3.14. The molecule has 5 heteroatoms. The molecule has 1 aromatic carbocycles. The standard InChI is InChI=1S/C15H22BrNO2S/c1-2-3-10-19-11-4-9-17-15(18)12-20-14-7-5-13(16)6-8-14/h5-8H,2-4,9-12H2,1H3,(H,17,18). The number of thioether (sulfide) groups is 1. The van der Waals surface area contributed by atoms with Crippen LogP contribution in [0.25, 0.3) is 0 Å². The lowest BCUT2D eigenvalue weighted by atomic mass is 10.4. The number of unbranched alkanes of at least 4 members (excludes halogenated alkanes) is 1. The first-order chi connectivity index (χ1) is 9.72. The van der Waals surface area contributed by atoms with Crippen molar-refractivity contribution in [3.05, 3.63) is 28.7 Å². The quantitative estimate of drug-likeness (QED) is 0.509. The summed E-state index contributed by atoms with van der Waals surface area (Å²) in [7, 11) is 0. The van der Waals surface area contributed by atoms with Crippen molar-refractivity contribution in [1.29, 1.82) is 0 Å². The summed E-state index contributed by atoms with van der Waals surface area (Å²) in [4.78, 5) is 12.7. The molecule has 0 radical (unpaired) electrons. The zero-order valence-corrected chi connectivity index (χ0v) is 14.3. The second kappa shape index (κ2) is 11.2. The molecule has 0 aliphatic carbocycles. The molecule has 0 bridgehead atoms. The van der Waals surface area contributed by atoms with Gasteiger partial charge in [0.1, 0.15) is 0 Å². The Morgan fingerprint density at radius 1 is 1.25 bits per heavy atom. The van der Waals surface area contributed by atoms with Crippen molar-refractivity contribution in [2.75, 3.05) is 25.5 Å². The molecule has 3 nitrogen and oxygen atoms in total. The Hall–Kier alpha value is -0.520. The Kier molecular flexibility index (Phi) is 9.79. The second-order valence-electron chi connectivity index (χ2n) is 4.41. The van der Waals surface area contributed by atoms with Crippen molar-refractivity contribution in [2.45, 2.75) is 31.1 Å². The average molecular weight is 360 g/mol. The van der Waals surface area contributed by atoms with Gasteiger partial charge in [0.2, 0.25) is 5.91 Å². The van der Waals surface area contributed by atoms with E-state index in [2.05, 4.69) is 28.2 Å². The molecule has 0 heterocycles. The molecule has 0 saturated heterocycles. The minimum absolute atomic E-state index is 0.0754. The van der Waals surface area contributed by atoms with Crippen LogP contribution in [-0.4, -0.2) is 31.4 Å². The van der Waals surface area contributed by atoms with E-state index in [1.807, 2.05) is 24.3 Å². The molecule has 1 rings (SSSR count). The van der Waals surface area contributed by atoms with Crippen molar-refractivity contribution in [2.24, 2.45) is 0 Å². The maximum absolute atomic E-state index is 11.6. The van der Waals surface area contributed by atoms with Gasteiger partial charge in [0, 0.05) is 29.1 Å². The molecule has 1 aromatic rings. The Morgan fingerprint density at radius 3 is 2.65 bits per heavy atom. The number of hydrogen-bond acceptors (Lipinski definition) is 3. The Bertz CT molecular complexity index is 384. The fourth-order valence-electron chi connectivity index (χ4n) is 1.48. The first-order valence-electron chi connectivity index (χ1n) is 6.95. The maximum Gasteiger partial charge on any atom is 0.230 e. The molecule has 0 aromatic heterocycles. The largest absolute Gasteiger partial charge is 0.381 e. The molecule has 1 amide bonds. The van der Waals surface area contributed by atoms with Crippen LogP contribution in [0.5, 0.6) is 0 Å². The zero-order valence-electron chi connectivity index (χ0n) is 11.9. The van der Waals surface area contributed by atoms with E-state index >= 15 is 0 Å². The molecule has 0 unspecified atom stereocenters. The van der Waals surface area contributed by atoms with Gasteiger partial charge in [-0.3, -0.25) is 4.79 Å². The number of rotatable bonds is 10. The predicted octanol–water partition coefficient (Wildman–Crippen LogP) is 3.86. The van der Waals surface area contributed by atoms with Gasteiger partial charge < -0.3 is 10.1 Å². The van der Waals surface area contributed by atoms with Gasteiger partial charge in [-0.15, -0.1) is 11.8 Å². The number of carbonyl (C=O) groups excluding carboxylic acids is 1. The Labute approximate surface area is 134 Å². The van der Waals surface area contributed by atoms with Gasteiger partial charge in [-0.05, 0) is 37.1 Å². The van der Waals surface area contributed by atoms with Crippen molar-refractivity contribution in [3.8, 4) is 0 Å². The van der Waals surface area contributed by atoms with Gasteiger partial charge in [-0.25, -0.2) is 0 Å². The molecule has 0 fully saturated rings. The van der Waals surface area contributed by atoms with Gasteiger partial charge in [0.05, 0.1) is 5.75 Å². The molecular weight excluding hydrogens is 338 g/mol. The topological polar surface area (TPSA) is 38.3 Å². The molecule has 0 saturated carbocycles. The van der Waals surface area contributed by atoms with Crippen LogP contribution in [0.2, 0.25) is 0 Å². The summed E-state index contributed by atoms with van der Waals surface area (Å²) in [5, 5.41) is 2.91. The highest BCUT2D eigenvalue weighted by atomic mass is 79.9. The number of hydrogen-bond donors (Lipinski definition) is 1. The highest BCUT2D eigenvalue weighted by molar-refractivity contribution is 9.10. The van der Waals surface area contributed by atoms with E-state index in [4.69, 9.17) is 4.74 Å². The van der Waals surface area contributed by atoms with Crippen LogP contribution in [-0.2, 0) is 9.53 Å². The number of ether oxygens (including phenoxy) is 1. The van der Waals surface area contributed by atoms with Crippen molar-refractivity contribution >= 4 is 33.6 Å². The lowest BCUT2D eigenvalue weighted by molar-refractivity contribution is -0.118. The summed E-state index contributed by atoms with van der Waals surface area (Å²) in [5.41, 5.74) is 0. The molecule has 0 aliphatic heterocycles. The predicted molar refractivity (Wildman–Crippen MR) is 88.2 cm³/mol. The molecule has 112 valence electrons. The number of carbonyl (C=O) groups is 1. The van der Waals surface area contributed by atoms with Gasteiger partial charge in [-0.2, -0.15) is 0 Å². The summed E-state index contributed by atoms with van der Waals surface area (Å²) in [6, 6.07) is 7.97. The van der Waals surface area contributed by atoms with Crippen LogP contribution < -0.4 is 5.32 Å². The van der Waals surface area contributed by atoms with Crippen LogP contribution in [0, 0.1) is 0 Å². The van der Waals surface area contributed by atoms with Crippen LogP contribution in [0.1, 0.15) is 26.2 Å². The second-order valence-corrected chi connectivity index (χ2v) is 6.38. The maximum atomic E-state index is 11.6. The number of amides is 1. The van der Waals surface area contributed by atoms with Crippen LogP contribution >= 0.6 is 27.7 Å². The SMILES string of the molecule is CCCCOCCCNC(=O)CSc1ccc(Br)cc1. The third-order valence-electron chi connectivity index (χ3n) is 2.61. The molecule has 0 spiro atoms. The first kappa shape index (κ1) is 17.5. The van der Waals surface area contributed by atoms with Crippen LogP contribution in [0.4, 0.5) is 0 Å². The third kappa shape index (κ3) is 8.61. The normalized spacial score (nSPS) is 10.5. The molecule has 0 aliphatic rings. The first-order valence-corrected chi connectivity index (χ1v) is 8.73. The Balaban J connectivity index is 2.01. The van der Waals surface area contributed by atoms with E-state index in [-0.39, 0.29) is 5.91 Å². The minimum Gasteiger partial charge on any atom is -0.381 e. The molecular formula is C15H22BrNO2S. The molecule has 1 N–H and O–H groups in total. The minimum atomic E-state index is 0.0754. The monoisotopic (exact) mass is 359 g/mol. The van der Waals surface area contributed by atoms with Gasteiger partial charge in [0.25, 0.3) is 0 Å². The van der Waals surface area contributed by atoms with E-state index in [0.717, 1.165) is 41.8 Å². The fraction of sp³-hybridized carbons (Fsp3) is 0.533.